The number of carbonyl (C=O) groups is 1. The Kier molecular flexibility index (Phi) is 5.16. The molecule has 0 unspecified atom stereocenters. The van der Waals surface area contributed by atoms with Crippen LogP contribution in [0.25, 0.3) is 0 Å². The minimum absolute atomic E-state index is 0.118. The molecule has 5 heteroatoms. The fraction of sp³-hybridized carbons (Fsp3) is 0.192. The minimum atomic E-state index is -0.250. The highest BCUT2D eigenvalue weighted by Gasteiger charge is 2.36. The molecule has 31 heavy (non-hydrogen) atoms. The first-order chi connectivity index (χ1) is 15.1. The average molecular weight is 431 g/mol. The van der Waals surface area contributed by atoms with Crippen molar-refractivity contribution in [3.63, 3.8) is 0 Å². The van der Waals surface area contributed by atoms with Crippen LogP contribution in [0, 0.1) is 0 Å². The molecule has 0 fully saturated rings. The van der Waals surface area contributed by atoms with Crippen molar-refractivity contribution >= 4 is 28.8 Å². The van der Waals surface area contributed by atoms with Gasteiger partial charge in [0.05, 0.1) is 24.5 Å². The zero-order valence-corrected chi connectivity index (χ0v) is 17.9. The van der Waals surface area contributed by atoms with E-state index in [0.29, 0.717) is 11.4 Å². The number of hydrogen-bond donors (Lipinski definition) is 2. The third-order valence-corrected chi connectivity index (χ3v) is 6.33. The Bertz CT molecular complexity index is 1170. The van der Waals surface area contributed by atoms with E-state index in [-0.39, 0.29) is 17.7 Å². The first-order valence-corrected chi connectivity index (χ1v) is 10.8. The molecule has 5 rings (SSSR count). The molecule has 0 amide bonds. The molecule has 2 atom stereocenters. The lowest BCUT2D eigenvalue weighted by Gasteiger charge is -2.30. The fourth-order valence-corrected chi connectivity index (χ4v) is 4.66. The van der Waals surface area contributed by atoms with Crippen LogP contribution in [0.1, 0.15) is 35.9 Å². The number of fused-ring (bicyclic) bond motifs is 1. The maximum absolute atomic E-state index is 13.5. The predicted molar refractivity (Wildman–Crippen MR) is 125 cm³/mol. The largest absolute Gasteiger partial charge is 0.497 e. The fourth-order valence-electron chi connectivity index (χ4n) is 4.53. The first kappa shape index (κ1) is 19.7. The Morgan fingerprint density at radius 2 is 1.68 bits per heavy atom. The van der Waals surface area contributed by atoms with E-state index in [0.717, 1.165) is 45.9 Å². The summed E-state index contributed by atoms with van der Waals surface area (Å²) in [5, 5.41) is 7.88. The molecule has 3 aromatic carbocycles. The van der Waals surface area contributed by atoms with E-state index < -0.39 is 0 Å². The van der Waals surface area contributed by atoms with Crippen molar-refractivity contribution in [2.45, 2.75) is 24.8 Å². The number of allylic oxidation sites excluding steroid dienone is 1. The second-order valence-corrected chi connectivity index (χ2v) is 8.43. The van der Waals surface area contributed by atoms with Gasteiger partial charge in [0, 0.05) is 22.7 Å². The van der Waals surface area contributed by atoms with Gasteiger partial charge in [-0.3, -0.25) is 4.79 Å². The van der Waals surface area contributed by atoms with Crippen LogP contribution in [-0.2, 0) is 4.79 Å². The van der Waals surface area contributed by atoms with Crippen LogP contribution < -0.4 is 15.4 Å². The van der Waals surface area contributed by atoms with E-state index >= 15 is 0 Å². The maximum atomic E-state index is 13.5. The predicted octanol–water partition coefficient (Wildman–Crippen LogP) is 6.33. The molecule has 3 aromatic rings. The molecule has 4 nitrogen and oxygen atoms in total. The van der Waals surface area contributed by atoms with Gasteiger partial charge >= 0.3 is 0 Å². The third-order valence-electron chi connectivity index (χ3n) is 6.08. The summed E-state index contributed by atoms with van der Waals surface area (Å²) in [6.45, 7) is 0. The van der Waals surface area contributed by atoms with E-state index in [1.54, 1.807) is 7.11 Å². The zero-order chi connectivity index (χ0) is 21.4. The summed E-state index contributed by atoms with van der Waals surface area (Å²) in [7, 11) is 1.66. The highest BCUT2D eigenvalue weighted by Crippen LogP contribution is 2.44. The molecular formula is C26H23ClN2O2. The van der Waals surface area contributed by atoms with Crippen molar-refractivity contribution < 1.29 is 9.53 Å². The summed E-state index contributed by atoms with van der Waals surface area (Å²) in [5.41, 5.74) is 5.86. The van der Waals surface area contributed by atoms with Gasteiger partial charge in [0.15, 0.2) is 5.78 Å². The topological polar surface area (TPSA) is 50.4 Å². The van der Waals surface area contributed by atoms with Gasteiger partial charge in [-0.15, -0.1) is 0 Å². The van der Waals surface area contributed by atoms with E-state index in [9.17, 15) is 4.79 Å². The van der Waals surface area contributed by atoms with Crippen LogP contribution in [0.15, 0.2) is 84.1 Å². The second kappa shape index (κ2) is 8.12. The lowest BCUT2D eigenvalue weighted by atomic mass is 9.78. The quantitative estimate of drug-likeness (QED) is 0.509. The van der Waals surface area contributed by atoms with E-state index in [4.69, 9.17) is 16.3 Å². The molecule has 1 heterocycles. The van der Waals surface area contributed by atoms with Gasteiger partial charge in [0.2, 0.25) is 0 Å². The summed E-state index contributed by atoms with van der Waals surface area (Å²) in [6, 6.07) is 23.6. The standard InChI is InChI=1S/C26H23ClN2O2/c1-31-20-6-4-5-17(13-20)26-25-23(28-21-7-2-3-8-22(21)29-26)14-18(15-24(25)30)16-9-11-19(27)12-10-16/h2-13,18,26,28-29H,14-15H2,1H3/t18-,26+/m0/s1. The van der Waals surface area contributed by atoms with Crippen LogP contribution in [0.3, 0.4) is 0 Å². The number of nitrogens with one attached hydrogen (secondary N) is 2. The van der Waals surface area contributed by atoms with Gasteiger partial charge in [-0.2, -0.15) is 0 Å². The van der Waals surface area contributed by atoms with Gasteiger partial charge in [0.25, 0.3) is 0 Å². The molecule has 0 saturated heterocycles. The van der Waals surface area contributed by atoms with Crippen molar-refractivity contribution in [1.82, 2.24) is 0 Å². The summed E-state index contributed by atoms with van der Waals surface area (Å²) < 4.78 is 5.44. The zero-order valence-electron chi connectivity index (χ0n) is 17.2. The van der Waals surface area contributed by atoms with Crippen molar-refractivity contribution in [2.24, 2.45) is 0 Å². The lowest BCUT2D eigenvalue weighted by Crippen LogP contribution is -2.26. The highest BCUT2D eigenvalue weighted by atomic mass is 35.5. The summed E-state index contributed by atoms with van der Waals surface area (Å²) in [4.78, 5) is 13.5. The number of Topliss-reactive ketones (excluding diaryl/α,β-unsaturated/α-hetero) is 1. The molecule has 0 aromatic heterocycles. The van der Waals surface area contributed by atoms with Crippen molar-refractivity contribution in [3.8, 4) is 5.75 Å². The van der Waals surface area contributed by atoms with Crippen molar-refractivity contribution in [2.75, 3.05) is 17.7 Å². The van der Waals surface area contributed by atoms with E-state index in [1.807, 2.05) is 72.8 Å². The number of benzene rings is 3. The van der Waals surface area contributed by atoms with Crippen molar-refractivity contribution in [1.29, 1.82) is 0 Å². The van der Waals surface area contributed by atoms with Gasteiger partial charge in [-0.25, -0.2) is 0 Å². The Balaban J connectivity index is 1.60. The highest BCUT2D eigenvalue weighted by molar-refractivity contribution is 6.30. The normalized spacial score (nSPS) is 20.1. The molecule has 1 aliphatic heterocycles. The molecule has 156 valence electrons. The van der Waals surface area contributed by atoms with Gasteiger partial charge < -0.3 is 15.4 Å². The summed E-state index contributed by atoms with van der Waals surface area (Å²) in [6.07, 6.45) is 1.24. The lowest BCUT2D eigenvalue weighted by molar-refractivity contribution is -0.116. The molecule has 2 aliphatic rings. The van der Waals surface area contributed by atoms with Crippen LogP contribution in [-0.4, -0.2) is 12.9 Å². The number of halogens is 1. The number of carbonyl (C=O) groups excluding carboxylic acids is 1. The monoisotopic (exact) mass is 430 g/mol. The van der Waals surface area contributed by atoms with Crippen LogP contribution in [0.2, 0.25) is 5.02 Å². The first-order valence-electron chi connectivity index (χ1n) is 10.4. The smallest absolute Gasteiger partial charge is 0.163 e. The maximum Gasteiger partial charge on any atom is 0.163 e. The molecule has 1 aliphatic carbocycles. The van der Waals surface area contributed by atoms with Gasteiger partial charge in [0.1, 0.15) is 5.75 Å². The molecule has 0 bridgehead atoms. The number of ether oxygens (including phenoxy) is 1. The van der Waals surface area contributed by atoms with E-state index in [1.165, 1.54) is 0 Å². The Morgan fingerprint density at radius 3 is 2.45 bits per heavy atom. The molecule has 0 saturated carbocycles. The molecule has 2 N–H and O–H groups in total. The molecular weight excluding hydrogens is 408 g/mol. The third kappa shape index (κ3) is 3.79. The van der Waals surface area contributed by atoms with Gasteiger partial charge in [-0.1, -0.05) is 48.0 Å². The number of para-hydroxylation sites is 2. The number of rotatable bonds is 3. The summed E-state index contributed by atoms with van der Waals surface area (Å²) >= 11 is 6.07. The van der Waals surface area contributed by atoms with E-state index in [2.05, 4.69) is 10.6 Å². The average Bonchev–Trinajstić information content (AvgIpc) is 2.96. The Hall–Kier alpha value is -3.24. The van der Waals surface area contributed by atoms with Crippen molar-refractivity contribution in [3.05, 3.63) is 100 Å². The molecule has 0 spiro atoms. The minimum Gasteiger partial charge on any atom is -0.497 e. The summed E-state index contributed by atoms with van der Waals surface area (Å²) in [5.74, 6) is 1.04. The number of methoxy groups -OCH3 is 1. The molecule has 0 radical (unpaired) electrons. The number of ketones is 1. The van der Waals surface area contributed by atoms with Crippen LogP contribution >= 0.6 is 11.6 Å². The van der Waals surface area contributed by atoms with Crippen LogP contribution in [0.5, 0.6) is 5.75 Å². The van der Waals surface area contributed by atoms with Gasteiger partial charge in [-0.05, 0) is 59.9 Å². The number of anilines is 2. The Labute approximate surface area is 186 Å². The van der Waals surface area contributed by atoms with Crippen LogP contribution in [0.4, 0.5) is 11.4 Å². The Morgan fingerprint density at radius 1 is 0.903 bits per heavy atom. The second-order valence-electron chi connectivity index (χ2n) is 8.00. The number of hydrogen-bond acceptors (Lipinski definition) is 4. The SMILES string of the molecule is COc1cccc([C@H]2Nc3ccccc3NC3=C2C(=O)C[C@@H](c2ccc(Cl)cc2)C3)c1.